The SMILES string of the molecule is CCCc1ccc(-n2ncc3c2CCc2ccccc2-3)cc1. The van der Waals surface area contributed by atoms with E-state index in [0.717, 1.165) is 19.3 Å². The number of aryl methyl sites for hydroxylation is 2. The van der Waals surface area contributed by atoms with Crippen LogP contribution in [0, 0.1) is 0 Å². The fourth-order valence-electron chi connectivity index (χ4n) is 3.41. The number of rotatable bonds is 3. The van der Waals surface area contributed by atoms with Crippen LogP contribution < -0.4 is 0 Å². The summed E-state index contributed by atoms with van der Waals surface area (Å²) in [5.41, 5.74) is 7.98. The number of benzene rings is 2. The Bertz CT molecular complexity index is 797. The van der Waals surface area contributed by atoms with Crippen LogP contribution in [0.2, 0.25) is 0 Å². The lowest BCUT2D eigenvalue weighted by atomic mass is 9.90. The molecule has 4 rings (SSSR count). The molecule has 110 valence electrons. The molecule has 0 aliphatic heterocycles. The van der Waals surface area contributed by atoms with E-state index in [1.807, 2.05) is 6.20 Å². The Morgan fingerprint density at radius 1 is 0.955 bits per heavy atom. The summed E-state index contributed by atoms with van der Waals surface area (Å²) in [5.74, 6) is 0. The molecule has 0 unspecified atom stereocenters. The molecule has 0 fully saturated rings. The molecule has 2 aromatic carbocycles. The largest absolute Gasteiger partial charge is 0.237 e. The quantitative estimate of drug-likeness (QED) is 0.689. The third-order valence-electron chi connectivity index (χ3n) is 4.53. The molecule has 2 heteroatoms. The smallest absolute Gasteiger partial charge is 0.0649 e. The predicted octanol–water partition coefficient (Wildman–Crippen LogP) is 4.59. The third-order valence-corrected chi connectivity index (χ3v) is 4.53. The van der Waals surface area contributed by atoms with Crippen molar-refractivity contribution in [3.8, 4) is 16.8 Å². The van der Waals surface area contributed by atoms with E-state index in [2.05, 4.69) is 65.2 Å². The molecule has 2 nitrogen and oxygen atoms in total. The zero-order chi connectivity index (χ0) is 14.9. The number of hydrogen-bond acceptors (Lipinski definition) is 1. The van der Waals surface area contributed by atoms with Crippen LogP contribution in [0.4, 0.5) is 0 Å². The lowest BCUT2D eigenvalue weighted by Crippen LogP contribution is -2.08. The van der Waals surface area contributed by atoms with Crippen molar-refractivity contribution >= 4 is 0 Å². The van der Waals surface area contributed by atoms with E-state index in [1.54, 1.807) is 0 Å². The van der Waals surface area contributed by atoms with Crippen molar-refractivity contribution in [3.05, 3.63) is 71.5 Å². The average Bonchev–Trinajstić information content (AvgIpc) is 3.00. The van der Waals surface area contributed by atoms with Gasteiger partial charge in [-0.15, -0.1) is 0 Å². The first kappa shape index (κ1) is 13.3. The van der Waals surface area contributed by atoms with Gasteiger partial charge in [0.2, 0.25) is 0 Å². The first-order valence-electron chi connectivity index (χ1n) is 8.11. The maximum absolute atomic E-state index is 4.66. The third kappa shape index (κ3) is 2.16. The molecule has 0 saturated carbocycles. The van der Waals surface area contributed by atoms with E-state index in [4.69, 9.17) is 0 Å². The van der Waals surface area contributed by atoms with Crippen LogP contribution in [0.1, 0.15) is 30.2 Å². The highest BCUT2D eigenvalue weighted by Gasteiger charge is 2.20. The fourth-order valence-corrected chi connectivity index (χ4v) is 3.41. The molecule has 1 aliphatic carbocycles. The second-order valence-electron chi connectivity index (χ2n) is 5.99. The first-order valence-corrected chi connectivity index (χ1v) is 8.11. The van der Waals surface area contributed by atoms with Gasteiger partial charge in [-0.05, 0) is 48.1 Å². The predicted molar refractivity (Wildman–Crippen MR) is 90.4 cm³/mol. The van der Waals surface area contributed by atoms with Gasteiger partial charge in [0, 0.05) is 5.56 Å². The van der Waals surface area contributed by atoms with Crippen LogP contribution >= 0.6 is 0 Å². The van der Waals surface area contributed by atoms with Gasteiger partial charge >= 0.3 is 0 Å². The summed E-state index contributed by atoms with van der Waals surface area (Å²) in [7, 11) is 0. The average molecular weight is 288 g/mol. The van der Waals surface area contributed by atoms with Crippen molar-refractivity contribution in [2.45, 2.75) is 32.6 Å². The van der Waals surface area contributed by atoms with E-state index in [9.17, 15) is 0 Å². The molecule has 1 heterocycles. The van der Waals surface area contributed by atoms with Crippen molar-refractivity contribution in [1.82, 2.24) is 9.78 Å². The Kier molecular flexibility index (Phi) is 3.30. The molecule has 0 radical (unpaired) electrons. The van der Waals surface area contributed by atoms with Crippen LogP contribution in [0.15, 0.2) is 54.7 Å². The van der Waals surface area contributed by atoms with Gasteiger partial charge in [0.25, 0.3) is 0 Å². The van der Waals surface area contributed by atoms with Gasteiger partial charge in [-0.1, -0.05) is 49.7 Å². The maximum atomic E-state index is 4.66. The van der Waals surface area contributed by atoms with E-state index in [1.165, 1.54) is 40.1 Å². The van der Waals surface area contributed by atoms with Crippen molar-refractivity contribution < 1.29 is 0 Å². The summed E-state index contributed by atoms with van der Waals surface area (Å²) in [4.78, 5) is 0. The van der Waals surface area contributed by atoms with Gasteiger partial charge in [-0.2, -0.15) is 5.10 Å². The summed E-state index contributed by atoms with van der Waals surface area (Å²) in [5, 5.41) is 4.66. The Balaban J connectivity index is 1.75. The summed E-state index contributed by atoms with van der Waals surface area (Å²) in [6.07, 6.45) is 6.51. The summed E-state index contributed by atoms with van der Waals surface area (Å²) >= 11 is 0. The van der Waals surface area contributed by atoms with Gasteiger partial charge in [0.1, 0.15) is 0 Å². The molecule has 0 atom stereocenters. The number of aromatic nitrogens is 2. The molecule has 0 amide bonds. The molecule has 0 bridgehead atoms. The van der Waals surface area contributed by atoms with Gasteiger partial charge < -0.3 is 0 Å². The van der Waals surface area contributed by atoms with Crippen molar-refractivity contribution in [1.29, 1.82) is 0 Å². The monoisotopic (exact) mass is 288 g/mol. The lowest BCUT2D eigenvalue weighted by Gasteiger charge is -2.17. The minimum absolute atomic E-state index is 1.06. The summed E-state index contributed by atoms with van der Waals surface area (Å²) < 4.78 is 2.11. The zero-order valence-electron chi connectivity index (χ0n) is 12.9. The highest BCUT2D eigenvalue weighted by atomic mass is 15.3. The Morgan fingerprint density at radius 2 is 1.77 bits per heavy atom. The summed E-state index contributed by atoms with van der Waals surface area (Å²) in [6.45, 7) is 2.22. The van der Waals surface area contributed by atoms with Crippen molar-refractivity contribution in [2.75, 3.05) is 0 Å². The molecular formula is C20H20N2. The number of fused-ring (bicyclic) bond motifs is 3. The van der Waals surface area contributed by atoms with Crippen LogP contribution in [-0.4, -0.2) is 9.78 Å². The molecule has 0 saturated heterocycles. The Hall–Kier alpha value is -2.35. The van der Waals surface area contributed by atoms with E-state index in [0.29, 0.717) is 0 Å². The van der Waals surface area contributed by atoms with Crippen LogP contribution in [0.3, 0.4) is 0 Å². The molecule has 0 spiro atoms. The van der Waals surface area contributed by atoms with Gasteiger partial charge in [-0.3, -0.25) is 0 Å². The maximum Gasteiger partial charge on any atom is 0.0649 e. The van der Waals surface area contributed by atoms with Crippen LogP contribution in [-0.2, 0) is 19.3 Å². The Morgan fingerprint density at radius 3 is 2.59 bits per heavy atom. The molecule has 22 heavy (non-hydrogen) atoms. The topological polar surface area (TPSA) is 17.8 Å². The van der Waals surface area contributed by atoms with Crippen molar-refractivity contribution in [3.63, 3.8) is 0 Å². The number of hydrogen-bond donors (Lipinski definition) is 0. The highest BCUT2D eigenvalue weighted by molar-refractivity contribution is 5.72. The first-order chi connectivity index (χ1) is 10.9. The second-order valence-corrected chi connectivity index (χ2v) is 5.99. The van der Waals surface area contributed by atoms with E-state index in [-0.39, 0.29) is 0 Å². The van der Waals surface area contributed by atoms with Crippen LogP contribution in [0.25, 0.3) is 16.8 Å². The highest BCUT2D eigenvalue weighted by Crippen LogP contribution is 2.34. The van der Waals surface area contributed by atoms with Gasteiger partial charge in [0.15, 0.2) is 0 Å². The van der Waals surface area contributed by atoms with Crippen molar-refractivity contribution in [2.24, 2.45) is 0 Å². The molecular weight excluding hydrogens is 268 g/mol. The van der Waals surface area contributed by atoms with E-state index >= 15 is 0 Å². The fraction of sp³-hybridized carbons (Fsp3) is 0.250. The van der Waals surface area contributed by atoms with Gasteiger partial charge in [-0.25, -0.2) is 4.68 Å². The Labute approximate surface area is 131 Å². The second kappa shape index (κ2) is 5.45. The molecule has 1 aromatic heterocycles. The minimum atomic E-state index is 1.06. The minimum Gasteiger partial charge on any atom is -0.237 e. The molecule has 1 aliphatic rings. The normalized spacial score (nSPS) is 12.8. The lowest BCUT2D eigenvalue weighted by molar-refractivity contribution is 0.780. The standard InChI is InChI=1S/C20H20N2/c1-2-5-15-8-11-17(12-9-15)22-20-13-10-16-6-3-4-7-18(16)19(20)14-21-22/h3-4,6-9,11-12,14H,2,5,10,13H2,1H3. The van der Waals surface area contributed by atoms with Gasteiger partial charge in [0.05, 0.1) is 17.6 Å². The number of nitrogens with zero attached hydrogens (tertiary/aromatic N) is 2. The van der Waals surface area contributed by atoms with Crippen LogP contribution in [0.5, 0.6) is 0 Å². The summed E-state index contributed by atoms with van der Waals surface area (Å²) in [6, 6.07) is 17.5. The van der Waals surface area contributed by atoms with E-state index < -0.39 is 0 Å². The molecule has 0 N–H and O–H groups in total. The molecule has 3 aromatic rings. The zero-order valence-corrected chi connectivity index (χ0v) is 12.9.